The number of rotatable bonds is 3. The summed E-state index contributed by atoms with van der Waals surface area (Å²) in [5.41, 5.74) is -0.248. The van der Waals surface area contributed by atoms with Crippen LogP contribution in [0.1, 0.15) is 10.4 Å². The number of alkyl carbamates (subject to hydrolysis) is 1. The number of ether oxygens (including phenoxy) is 3. The Morgan fingerprint density at radius 1 is 1.36 bits per heavy atom. The van der Waals surface area contributed by atoms with E-state index in [2.05, 4.69) is 17.9 Å². The van der Waals surface area contributed by atoms with Crippen molar-refractivity contribution in [3.05, 3.63) is 35.9 Å². The standard InChI is InChI=1S/C14H15NO6S/c16-10-8(6-19-12(17)7-4-2-1-3-5-7)20-13(22)9-11(10)21-14(18)15-9/h1-5,8-11,13,16,22H,6H2,(H,15,18)/t8?,9-,10+,11?,13-/m0/s1. The molecule has 1 amide bonds. The minimum atomic E-state index is -1.10. The maximum atomic E-state index is 11.9. The van der Waals surface area contributed by atoms with E-state index in [1.54, 1.807) is 30.3 Å². The van der Waals surface area contributed by atoms with Crippen molar-refractivity contribution in [1.29, 1.82) is 0 Å². The SMILES string of the molecule is O=C1N[C@H]2C(O1)[C@H](O)C(COC(=O)c1ccccc1)O[C@H]2S. The van der Waals surface area contributed by atoms with Crippen LogP contribution in [0.25, 0.3) is 0 Å². The topological polar surface area (TPSA) is 94.1 Å². The van der Waals surface area contributed by atoms with Crippen LogP contribution in [0.5, 0.6) is 0 Å². The highest BCUT2D eigenvalue weighted by atomic mass is 32.1. The monoisotopic (exact) mass is 325 g/mol. The second kappa shape index (κ2) is 6.15. The molecule has 1 aromatic carbocycles. The molecule has 0 saturated carbocycles. The summed E-state index contributed by atoms with van der Waals surface area (Å²) in [6.45, 7) is -0.160. The van der Waals surface area contributed by atoms with Gasteiger partial charge in [-0.25, -0.2) is 9.59 Å². The van der Waals surface area contributed by atoms with E-state index in [-0.39, 0.29) is 6.61 Å². The average molecular weight is 325 g/mol. The third-order valence-electron chi connectivity index (χ3n) is 3.61. The molecule has 0 radical (unpaired) electrons. The first-order valence-corrected chi connectivity index (χ1v) is 7.29. The molecule has 2 aliphatic heterocycles. The molecule has 2 heterocycles. The van der Waals surface area contributed by atoms with Crippen molar-refractivity contribution in [3.63, 3.8) is 0 Å². The molecule has 3 rings (SSSR count). The van der Waals surface area contributed by atoms with E-state index >= 15 is 0 Å². The summed E-state index contributed by atoms with van der Waals surface area (Å²) in [5, 5.41) is 12.7. The Balaban J connectivity index is 1.61. The van der Waals surface area contributed by atoms with E-state index in [1.807, 2.05) is 0 Å². The lowest BCUT2D eigenvalue weighted by atomic mass is 9.99. The first-order chi connectivity index (χ1) is 10.6. The number of carbonyl (C=O) groups excluding carboxylic acids is 2. The minimum absolute atomic E-state index is 0.160. The number of fused-ring (bicyclic) bond motifs is 1. The fourth-order valence-corrected chi connectivity index (χ4v) is 2.87. The Morgan fingerprint density at radius 3 is 2.82 bits per heavy atom. The smallest absolute Gasteiger partial charge is 0.408 e. The summed E-state index contributed by atoms with van der Waals surface area (Å²) in [7, 11) is 0. The predicted octanol–water partition coefficient (Wildman–Crippen LogP) is 0.336. The molecular weight excluding hydrogens is 310 g/mol. The molecule has 8 heteroatoms. The van der Waals surface area contributed by atoms with Crippen LogP contribution in [0, 0.1) is 0 Å². The number of aliphatic hydroxyl groups is 1. The first kappa shape index (κ1) is 15.1. The number of aliphatic hydroxyl groups excluding tert-OH is 1. The van der Waals surface area contributed by atoms with Gasteiger partial charge in [0.05, 0.1) is 5.56 Å². The van der Waals surface area contributed by atoms with Gasteiger partial charge in [0, 0.05) is 0 Å². The van der Waals surface area contributed by atoms with Crippen molar-refractivity contribution in [2.24, 2.45) is 0 Å². The Hall–Kier alpha value is -1.77. The van der Waals surface area contributed by atoms with E-state index < -0.39 is 41.9 Å². The van der Waals surface area contributed by atoms with Gasteiger partial charge in [0.1, 0.15) is 30.3 Å². The number of thiol groups is 1. The lowest BCUT2D eigenvalue weighted by Crippen LogP contribution is -2.58. The number of esters is 1. The molecule has 1 aromatic rings. The summed E-state index contributed by atoms with van der Waals surface area (Å²) in [4.78, 5) is 23.1. The highest BCUT2D eigenvalue weighted by molar-refractivity contribution is 7.80. The van der Waals surface area contributed by atoms with Crippen molar-refractivity contribution >= 4 is 24.7 Å². The lowest BCUT2D eigenvalue weighted by Gasteiger charge is -2.37. The van der Waals surface area contributed by atoms with E-state index in [1.165, 1.54) is 0 Å². The van der Waals surface area contributed by atoms with Crippen LogP contribution in [0.4, 0.5) is 4.79 Å². The third kappa shape index (κ3) is 2.90. The maximum absolute atomic E-state index is 11.9. The fraction of sp³-hybridized carbons (Fsp3) is 0.429. The Bertz CT molecular complexity index is 568. The first-order valence-electron chi connectivity index (χ1n) is 6.77. The van der Waals surface area contributed by atoms with Crippen molar-refractivity contribution < 1.29 is 28.9 Å². The third-order valence-corrected chi connectivity index (χ3v) is 4.05. The van der Waals surface area contributed by atoms with Gasteiger partial charge in [0.15, 0.2) is 6.10 Å². The summed E-state index contributed by atoms with van der Waals surface area (Å²) < 4.78 is 15.6. The van der Waals surface area contributed by atoms with Gasteiger partial charge in [-0.15, -0.1) is 12.6 Å². The second-order valence-electron chi connectivity index (χ2n) is 5.06. The van der Waals surface area contributed by atoms with Gasteiger partial charge in [-0.05, 0) is 12.1 Å². The largest absolute Gasteiger partial charge is 0.459 e. The highest BCUT2D eigenvalue weighted by Gasteiger charge is 2.51. The summed E-state index contributed by atoms with van der Waals surface area (Å²) in [5.74, 6) is -0.518. The molecule has 0 bridgehead atoms. The number of hydrogen-bond donors (Lipinski definition) is 3. The van der Waals surface area contributed by atoms with Crippen molar-refractivity contribution in [3.8, 4) is 0 Å². The van der Waals surface area contributed by atoms with Crippen LogP contribution < -0.4 is 5.32 Å². The summed E-state index contributed by atoms with van der Waals surface area (Å²) in [6, 6.07) is 7.95. The summed E-state index contributed by atoms with van der Waals surface area (Å²) >= 11 is 4.22. The minimum Gasteiger partial charge on any atom is -0.459 e. The average Bonchev–Trinajstić information content (AvgIpc) is 2.92. The molecule has 0 aromatic heterocycles. The molecule has 2 N–H and O–H groups in total. The van der Waals surface area contributed by atoms with Crippen LogP contribution in [0.3, 0.4) is 0 Å². The zero-order valence-electron chi connectivity index (χ0n) is 11.4. The summed E-state index contributed by atoms with van der Waals surface area (Å²) in [6.07, 6.45) is -3.32. The molecule has 2 fully saturated rings. The van der Waals surface area contributed by atoms with Gasteiger partial charge < -0.3 is 24.6 Å². The molecule has 7 nitrogen and oxygen atoms in total. The quantitative estimate of drug-likeness (QED) is 0.548. The van der Waals surface area contributed by atoms with Crippen LogP contribution in [-0.4, -0.2) is 53.6 Å². The van der Waals surface area contributed by atoms with Crippen LogP contribution >= 0.6 is 12.6 Å². The Kier molecular flexibility index (Phi) is 4.23. The van der Waals surface area contributed by atoms with Gasteiger partial charge in [0.25, 0.3) is 0 Å². The zero-order chi connectivity index (χ0) is 15.7. The van der Waals surface area contributed by atoms with E-state index in [0.29, 0.717) is 5.56 Å². The predicted molar refractivity (Wildman–Crippen MR) is 77.6 cm³/mol. The number of benzene rings is 1. The van der Waals surface area contributed by atoms with Gasteiger partial charge in [-0.2, -0.15) is 0 Å². The maximum Gasteiger partial charge on any atom is 0.408 e. The van der Waals surface area contributed by atoms with Gasteiger partial charge >= 0.3 is 12.1 Å². The number of hydrogen-bond acceptors (Lipinski definition) is 7. The molecule has 118 valence electrons. The highest BCUT2D eigenvalue weighted by Crippen LogP contribution is 2.29. The molecular formula is C14H15NO6S. The van der Waals surface area contributed by atoms with E-state index in [0.717, 1.165) is 0 Å². The second-order valence-corrected chi connectivity index (χ2v) is 5.57. The normalized spacial score (nSPS) is 33.5. The fourth-order valence-electron chi connectivity index (χ4n) is 2.47. The number of carbonyl (C=O) groups is 2. The number of nitrogens with one attached hydrogen (secondary N) is 1. The molecule has 2 aliphatic rings. The Labute approximate surface area is 132 Å². The molecule has 2 saturated heterocycles. The molecule has 5 atom stereocenters. The van der Waals surface area contributed by atoms with Crippen molar-refractivity contribution in [2.75, 3.05) is 6.61 Å². The van der Waals surface area contributed by atoms with Gasteiger partial charge in [-0.3, -0.25) is 0 Å². The Morgan fingerprint density at radius 2 is 2.09 bits per heavy atom. The van der Waals surface area contributed by atoms with Crippen LogP contribution in [-0.2, 0) is 14.2 Å². The van der Waals surface area contributed by atoms with Crippen LogP contribution in [0.15, 0.2) is 30.3 Å². The number of amides is 1. The lowest BCUT2D eigenvalue weighted by molar-refractivity contribution is -0.155. The molecule has 0 spiro atoms. The van der Waals surface area contributed by atoms with Crippen molar-refractivity contribution in [2.45, 2.75) is 29.8 Å². The van der Waals surface area contributed by atoms with Crippen LogP contribution in [0.2, 0.25) is 0 Å². The van der Waals surface area contributed by atoms with E-state index in [9.17, 15) is 14.7 Å². The molecule has 0 aliphatic carbocycles. The molecule has 2 unspecified atom stereocenters. The van der Waals surface area contributed by atoms with Gasteiger partial charge in [0.2, 0.25) is 0 Å². The van der Waals surface area contributed by atoms with Crippen molar-refractivity contribution in [1.82, 2.24) is 5.32 Å². The van der Waals surface area contributed by atoms with Gasteiger partial charge in [-0.1, -0.05) is 18.2 Å². The zero-order valence-corrected chi connectivity index (χ0v) is 12.3. The molecule has 22 heavy (non-hydrogen) atoms. The van der Waals surface area contributed by atoms with E-state index in [4.69, 9.17) is 14.2 Å².